The minimum Gasteiger partial charge on any atom is -0.491 e. The van der Waals surface area contributed by atoms with Crippen molar-refractivity contribution >= 4 is 39.0 Å². The number of benzene rings is 2. The van der Waals surface area contributed by atoms with Gasteiger partial charge in [-0.15, -0.1) is 4.36 Å². The number of hydrogen-bond donors (Lipinski definition) is 1. The Bertz CT molecular complexity index is 1910. The van der Waals surface area contributed by atoms with Crippen molar-refractivity contribution in [2.24, 2.45) is 35.1 Å². The molecule has 2 aliphatic carbocycles. The van der Waals surface area contributed by atoms with Crippen molar-refractivity contribution in [1.82, 2.24) is 14.5 Å². The van der Waals surface area contributed by atoms with Crippen LogP contribution < -0.4 is 14.4 Å². The van der Waals surface area contributed by atoms with Gasteiger partial charge < -0.3 is 14.4 Å². The maximum absolute atomic E-state index is 14.5. The number of aryl methyl sites for hydroxylation is 2. The van der Waals surface area contributed by atoms with E-state index in [1.807, 2.05) is 25.1 Å². The molecular formula is C39H48ClN5O5S. The smallest absolute Gasteiger partial charge is 0.286 e. The number of amides is 2. The maximum Gasteiger partial charge on any atom is 0.286 e. The van der Waals surface area contributed by atoms with Crippen LogP contribution in [-0.4, -0.2) is 57.4 Å². The molecule has 12 heteroatoms. The summed E-state index contributed by atoms with van der Waals surface area (Å²) in [5.74, 6) is 0.683. The lowest BCUT2D eigenvalue weighted by Gasteiger charge is -2.44. The Balaban J connectivity index is 1.31. The van der Waals surface area contributed by atoms with Gasteiger partial charge in [-0.3, -0.25) is 19.0 Å². The number of aromatic nitrogens is 2. The molecule has 2 fully saturated rings. The van der Waals surface area contributed by atoms with Crippen LogP contribution in [-0.2, 0) is 34.7 Å². The molecule has 0 saturated heterocycles. The second-order valence-corrected chi connectivity index (χ2v) is 17.3. The molecule has 0 radical (unpaired) electrons. The minimum absolute atomic E-state index is 0.00819. The topological polar surface area (TPSA) is 115 Å². The van der Waals surface area contributed by atoms with E-state index in [1.54, 1.807) is 19.3 Å². The molecule has 4 aliphatic rings. The molecule has 2 aliphatic heterocycles. The molecule has 3 heterocycles. The Morgan fingerprint density at radius 1 is 1.12 bits per heavy atom. The standard InChI is InChI=1S/C39H48ClN5O5S/c1-26-6-5-8-36(50-24-27-9-10-27)34-15-12-31(34)23-45-22-30-11-14-33(40)18-28(30)7-3-4-17-49-37-16-13-29(19-35(37)45)38(46)42-51(48,25-26)43-39(47)32-20-41-44(2)21-32/h5,8,11,13-14,16,18-21,26-27,31,34,36H,3-4,6-7,9-10,12,15,17,22-25H2,1-2H3,(H,42,43,46,47,48)/b8-5+/t26-,31-,34+,36-,51?/m0/s1. The van der Waals surface area contributed by atoms with Crippen LogP contribution in [0.4, 0.5) is 5.69 Å². The Hall–Kier alpha value is -3.67. The Labute approximate surface area is 306 Å². The number of ether oxygens (including phenoxy) is 2. The summed E-state index contributed by atoms with van der Waals surface area (Å²) in [6.07, 6.45) is 15.2. The lowest BCUT2D eigenvalue weighted by atomic mass is 9.70. The summed E-state index contributed by atoms with van der Waals surface area (Å²) in [6, 6.07) is 11.5. The van der Waals surface area contributed by atoms with Gasteiger partial charge >= 0.3 is 0 Å². The zero-order chi connectivity index (χ0) is 35.5. The second kappa shape index (κ2) is 15.5. The zero-order valence-electron chi connectivity index (χ0n) is 29.5. The van der Waals surface area contributed by atoms with Gasteiger partial charge in [-0.1, -0.05) is 36.7 Å². The highest BCUT2D eigenvalue weighted by atomic mass is 35.5. The third-order valence-corrected chi connectivity index (χ3v) is 12.8. The highest BCUT2D eigenvalue weighted by Crippen LogP contribution is 2.43. The first-order chi connectivity index (χ1) is 24.6. The maximum atomic E-state index is 14.5. The van der Waals surface area contributed by atoms with Crippen LogP contribution in [0.1, 0.15) is 83.7 Å². The third-order valence-electron chi connectivity index (χ3n) is 10.6. The molecule has 272 valence electrons. The van der Waals surface area contributed by atoms with Crippen molar-refractivity contribution in [2.75, 3.05) is 30.4 Å². The predicted molar refractivity (Wildman–Crippen MR) is 199 cm³/mol. The van der Waals surface area contributed by atoms with Gasteiger partial charge in [0.25, 0.3) is 11.8 Å². The Kier molecular flexibility index (Phi) is 10.9. The number of halogens is 1. The van der Waals surface area contributed by atoms with Crippen molar-refractivity contribution in [3.8, 4) is 5.75 Å². The van der Waals surface area contributed by atoms with Gasteiger partial charge in [0.15, 0.2) is 0 Å². The molecule has 1 unspecified atom stereocenters. The van der Waals surface area contributed by atoms with E-state index in [-0.39, 0.29) is 28.9 Å². The molecule has 51 heavy (non-hydrogen) atoms. The molecular weight excluding hydrogens is 686 g/mol. The summed E-state index contributed by atoms with van der Waals surface area (Å²) >= 11 is 6.49. The van der Waals surface area contributed by atoms with Crippen LogP contribution in [0.5, 0.6) is 5.75 Å². The molecule has 7 rings (SSSR count). The van der Waals surface area contributed by atoms with E-state index in [4.69, 9.17) is 21.1 Å². The fourth-order valence-corrected chi connectivity index (χ4v) is 9.46. The van der Waals surface area contributed by atoms with E-state index in [0.29, 0.717) is 43.1 Å². The molecule has 2 saturated carbocycles. The van der Waals surface area contributed by atoms with Gasteiger partial charge in [-0.05, 0) is 116 Å². The Morgan fingerprint density at radius 2 is 1.98 bits per heavy atom. The normalized spacial score (nSPS) is 27.7. The fourth-order valence-electron chi connectivity index (χ4n) is 7.37. The number of anilines is 1. The number of allylic oxidation sites excluding steroid dienone is 1. The zero-order valence-corrected chi connectivity index (χ0v) is 31.0. The number of carbonyl (C=O) groups is 2. The first kappa shape index (κ1) is 35.7. The van der Waals surface area contributed by atoms with Crippen LogP contribution in [0, 0.1) is 23.7 Å². The molecule has 10 nitrogen and oxygen atoms in total. The number of hydrogen-bond acceptors (Lipinski definition) is 7. The quantitative estimate of drug-likeness (QED) is 0.277. The molecule has 3 aromatic rings. The van der Waals surface area contributed by atoms with Crippen molar-refractivity contribution in [1.29, 1.82) is 0 Å². The van der Waals surface area contributed by atoms with Gasteiger partial charge in [0, 0.05) is 36.9 Å². The molecule has 2 amide bonds. The minimum atomic E-state index is -3.53. The average molecular weight is 734 g/mol. The summed E-state index contributed by atoms with van der Waals surface area (Å²) in [5, 5.41) is 4.79. The summed E-state index contributed by atoms with van der Waals surface area (Å²) < 4.78 is 36.0. The summed E-state index contributed by atoms with van der Waals surface area (Å²) in [5.41, 5.74) is 3.73. The van der Waals surface area contributed by atoms with Crippen molar-refractivity contribution in [3.63, 3.8) is 0 Å². The molecule has 1 N–H and O–H groups in total. The van der Waals surface area contributed by atoms with Gasteiger partial charge in [-0.25, -0.2) is 4.21 Å². The van der Waals surface area contributed by atoms with Crippen molar-refractivity contribution in [2.45, 2.75) is 70.9 Å². The van der Waals surface area contributed by atoms with Crippen LogP contribution in [0.2, 0.25) is 5.02 Å². The SMILES string of the molecule is C[C@H]1C/C=C/[C@H](OCC2CC2)[C@@H]2CC[C@H]2CN2Cc3ccc(Cl)cc3CCCCOc3ccc(cc32)C(=O)N=S(=O)(NC(=O)c2cnn(C)c2)C1. The van der Waals surface area contributed by atoms with Gasteiger partial charge in [0.05, 0.1) is 42.5 Å². The predicted octanol–water partition coefficient (Wildman–Crippen LogP) is 7.17. The van der Waals surface area contributed by atoms with E-state index in [0.717, 1.165) is 56.0 Å². The van der Waals surface area contributed by atoms with E-state index >= 15 is 0 Å². The number of rotatable bonds is 5. The number of nitrogens with zero attached hydrogens (tertiary/aromatic N) is 4. The first-order valence-electron chi connectivity index (χ1n) is 18.3. The first-order valence-corrected chi connectivity index (χ1v) is 20.4. The summed E-state index contributed by atoms with van der Waals surface area (Å²) in [7, 11) is -1.83. The van der Waals surface area contributed by atoms with E-state index in [2.05, 4.69) is 43.4 Å². The summed E-state index contributed by atoms with van der Waals surface area (Å²) in [4.78, 5) is 29.6. The molecule has 2 bridgehead atoms. The molecule has 0 spiro atoms. The van der Waals surface area contributed by atoms with Crippen molar-refractivity contribution < 1.29 is 23.3 Å². The van der Waals surface area contributed by atoms with Gasteiger partial charge in [0.2, 0.25) is 0 Å². The average Bonchev–Trinajstić information content (AvgIpc) is 3.81. The fraction of sp³-hybridized carbons (Fsp3) is 0.513. The van der Waals surface area contributed by atoms with Crippen LogP contribution >= 0.6 is 11.6 Å². The second-order valence-electron chi connectivity index (χ2n) is 14.8. The molecule has 5 atom stereocenters. The highest BCUT2D eigenvalue weighted by molar-refractivity contribution is 7.92. The monoisotopic (exact) mass is 733 g/mol. The van der Waals surface area contributed by atoms with E-state index < -0.39 is 21.7 Å². The third kappa shape index (κ3) is 8.87. The van der Waals surface area contributed by atoms with Crippen LogP contribution in [0.15, 0.2) is 65.3 Å². The number of carbonyl (C=O) groups excluding carboxylic acids is 2. The molecule has 2 aromatic carbocycles. The Morgan fingerprint density at radius 3 is 2.75 bits per heavy atom. The molecule has 1 aromatic heterocycles. The lowest BCUT2D eigenvalue weighted by molar-refractivity contribution is -0.0181. The van der Waals surface area contributed by atoms with Gasteiger partial charge in [-0.2, -0.15) is 5.10 Å². The van der Waals surface area contributed by atoms with Crippen LogP contribution in [0.25, 0.3) is 0 Å². The van der Waals surface area contributed by atoms with E-state index in [9.17, 15) is 13.8 Å². The van der Waals surface area contributed by atoms with Crippen molar-refractivity contribution in [3.05, 3.63) is 88.2 Å². The van der Waals surface area contributed by atoms with E-state index in [1.165, 1.54) is 34.8 Å². The summed E-state index contributed by atoms with van der Waals surface area (Å²) in [6.45, 7) is 4.63. The van der Waals surface area contributed by atoms with Gasteiger partial charge in [0.1, 0.15) is 15.7 Å². The lowest BCUT2D eigenvalue weighted by Crippen LogP contribution is -2.44. The van der Waals surface area contributed by atoms with Crippen LogP contribution in [0.3, 0.4) is 0 Å². The largest absolute Gasteiger partial charge is 0.491 e. The highest BCUT2D eigenvalue weighted by Gasteiger charge is 2.39. The number of nitrogens with one attached hydrogen (secondary N) is 1. The number of fused-ring (bicyclic) bond motifs is 3.